The van der Waals surface area contributed by atoms with E-state index in [0.717, 1.165) is 11.3 Å². The maximum Gasteiger partial charge on any atom is 0.242 e. The van der Waals surface area contributed by atoms with Crippen molar-refractivity contribution in [2.24, 2.45) is 5.41 Å². The van der Waals surface area contributed by atoms with E-state index in [0.29, 0.717) is 35.8 Å². The Bertz CT molecular complexity index is 863. The Morgan fingerprint density at radius 1 is 1.22 bits per heavy atom. The summed E-state index contributed by atoms with van der Waals surface area (Å²) in [5, 5.41) is 3.43. The van der Waals surface area contributed by atoms with Gasteiger partial charge >= 0.3 is 0 Å². The molecular formula is C21H23ClN2O3. The lowest BCUT2D eigenvalue weighted by Gasteiger charge is -2.26. The number of halogens is 1. The average Bonchev–Trinajstić information content (AvgIpc) is 3.48. The summed E-state index contributed by atoms with van der Waals surface area (Å²) in [6.45, 7) is 4.26. The second kappa shape index (κ2) is 7.61. The SMILES string of the molecule is CCN(C(=O)C1(C(=O)Nc2cc(C)c(Cl)cc2OC)CC1)c1ccccc1. The van der Waals surface area contributed by atoms with Gasteiger partial charge in [0.15, 0.2) is 0 Å². The summed E-state index contributed by atoms with van der Waals surface area (Å²) in [5.41, 5.74) is 1.11. The lowest BCUT2D eigenvalue weighted by Crippen LogP contribution is -2.43. The Kier molecular flexibility index (Phi) is 5.42. The highest BCUT2D eigenvalue weighted by Crippen LogP contribution is 2.49. The summed E-state index contributed by atoms with van der Waals surface area (Å²) < 4.78 is 5.32. The maximum atomic E-state index is 13.2. The first-order valence-corrected chi connectivity index (χ1v) is 9.33. The van der Waals surface area contributed by atoms with Crippen LogP contribution in [0.15, 0.2) is 42.5 Å². The molecular weight excluding hydrogens is 364 g/mol. The molecule has 3 rings (SSSR count). The zero-order chi connectivity index (χ0) is 19.6. The Morgan fingerprint density at radius 3 is 2.44 bits per heavy atom. The lowest BCUT2D eigenvalue weighted by molar-refractivity contribution is -0.132. The number of hydrogen-bond donors (Lipinski definition) is 1. The van der Waals surface area contributed by atoms with E-state index in [1.165, 1.54) is 7.11 Å². The van der Waals surface area contributed by atoms with Crippen LogP contribution in [-0.4, -0.2) is 25.5 Å². The van der Waals surface area contributed by atoms with Crippen LogP contribution in [0.1, 0.15) is 25.3 Å². The second-order valence-electron chi connectivity index (χ2n) is 6.72. The van der Waals surface area contributed by atoms with Gasteiger partial charge in [-0.25, -0.2) is 0 Å². The molecule has 142 valence electrons. The van der Waals surface area contributed by atoms with Crippen LogP contribution < -0.4 is 15.0 Å². The van der Waals surface area contributed by atoms with Crippen molar-refractivity contribution in [3.63, 3.8) is 0 Å². The predicted molar refractivity (Wildman–Crippen MR) is 108 cm³/mol. The van der Waals surface area contributed by atoms with Crippen molar-refractivity contribution in [2.75, 3.05) is 23.9 Å². The van der Waals surface area contributed by atoms with Gasteiger partial charge in [-0.1, -0.05) is 29.8 Å². The third-order valence-electron chi connectivity index (χ3n) is 4.95. The number of methoxy groups -OCH3 is 1. The van der Waals surface area contributed by atoms with Gasteiger partial charge in [0.05, 0.1) is 12.8 Å². The van der Waals surface area contributed by atoms with Crippen LogP contribution in [0.25, 0.3) is 0 Å². The molecule has 0 atom stereocenters. The van der Waals surface area contributed by atoms with Gasteiger partial charge in [-0.3, -0.25) is 9.59 Å². The summed E-state index contributed by atoms with van der Waals surface area (Å²) in [5.74, 6) is -0.00198. The smallest absolute Gasteiger partial charge is 0.242 e. The molecule has 0 spiro atoms. The van der Waals surface area contributed by atoms with E-state index in [9.17, 15) is 9.59 Å². The number of carbonyl (C=O) groups excluding carboxylic acids is 2. The molecule has 1 fully saturated rings. The Balaban J connectivity index is 1.84. The molecule has 5 nitrogen and oxygen atoms in total. The van der Waals surface area contributed by atoms with Crippen molar-refractivity contribution in [3.05, 3.63) is 53.1 Å². The average molecular weight is 387 g/mol. The van der Waals surface area contributed by atoms with Crippen molar-refractivity contribution < 1.29 is 14.3 Å². The van der Waals surface area contributed by atoms with Gasteiger partial charge in [-0.2, -0.15) is 0 Å². The van der Waals surface area contributed by atoms with E-state index < -0.39 is 5.41 Å². The molecule has 0 saturated heterocycles. The minimum absolute atomic E-state index is 0.168. The van der Waals surface area contributed by atoms with Gasteiger partial charge in [0.1, 0.15) is 11.2 Å². The minimum Gasteiger partial charge on any atom is -0.495 e. The summed E-state index contributed by atoms with van der Waals surface area (Å²) in [7, 11) is 1.52. The number of anilines is 2. The number of nitrogens with one attached hydrogen (secondary N) is 1. The molecule has 0 aliphatic heterocycles. The standard InChI is InChI=1S/C21H23ClN2O3/c1-4-24(15-8-6-5-7-9-15)20(26)21(10-11-21)19(25)23-17-12-14(2)16(22)13-18(17)27-3/h5-9,12-13H,4,10-11H2,1-3H3,(H,23,25). The fourth-order valence-corrected chi connectivity index (χ4v) is 3.30. The number of aryl methyl sites for hydroxylation is 1. The topological polar surface area (TPSA) is 58.6 Å². The highest BCUT2D eigenvalue weighted by atomic mass is 35.5. The Hall–Kier alpha value is -2.53. The van der Waals surface area contributed by atoms with Gasteiger partial charge in [-0.05, 0) is 50.5 Å². The first-order valence-electron chi connectivity index (χ1n) is 8.95. The van der Waals surface area contributed by atoms with Crippen LogP contribution in [-0.2, 0) is 9.59 Å². The molecule has 27 heavy (non-hydrogen) atoms. The summed E-state index contributed by atoms with van der Waals surface area (Å²) >= 11 is 6.13. The molecule has 0 heterocycles. The number of para-hydroxylation sites is 1. The van der Waals surface area contributed by atoms with Crippen LogP contribution in [0.5, 0.6) is 5.75 Å². The predicted octanol–water partition coefficient (Wildman–Crippen LogP) is 4.43. The van der Waals surface area contributed by atoms with Gasteiger partial charge in [-0.15, -0.1) is 0 Å². The van der Waals surface area contributed by atoms with Gasteiger partial charge in [0.2, 0.25) is 11.8 Å². The monoisotopic (exact) mass is 386 g/mol. The fourth-order valence-electron chi connectivity index (χ4n) is 3.14. The highest BCUT2D eigenvalue weighted by molar-refractivity contribution is 6.31. The molecule has 1 N–H and O–H groups in total. The largest absolute Gasteiger partial charge is 0.495 e. The number of benzene rings is 2. The van der Waals surface area contributed by atoms with Crippen molar-refractivity contribution >= 4 is 34.8 Å². The van der Waals surface area contributed by atoms with Crippen LogP contribution in [0.4, 0.5) is 11.4 Å². The Labute approximate surface area is 164 Å². The van der Waals surface area contributed by atoms with Crippen molar-refractivity contribution in [3.8, 4) is 5.75 Å². The quantitative estimate of drug-likeness (QED) is 0.747. The second-order valence-corrected chi connectivity index (χ2v) is 7.13. The normalized spacial score (nSPS) is 14.4. The van der Waals surface area contributed by atoms with Crippen LogP contribution >= 0.6 is 11.6 Å². The summed E-state index contributed by atoms with van der Waals surface area (Å²) in [6, 6.07) is 12.8. The zero-order valence-corrected chi connectivity index (χ0v) is 16.5. The number of hydrogen-bond acceptors (Lipinski definition) is 3. The number of nitrogens with zero attached hydrogens (tertiary/aromatic N) is 1. The van der Waals surface area contributed by atoms with Crippen molar-refractivity contribution in [2.45, 2.75) is 26.7 Å². The minimum atomic E-state index is -1.02. The van der Waals surface area contributed by atoms with Crippen molar-refractivity contribution in [1.29, 1.82) is 0 Å². The number of rotatable bonds is 6. The van der Waals surface area contributed by atoms with Gasteiger partial charge in [0.25, 0.3) is 0 Å². The fraction of sp³-hybridized carbons (Fsp3) is 0.333. The van der Waals surface area contributed by atoms with Gasteiger partial charge in [0, 0.05) is 23.3 Å². The van der Waals surface area contributed by atoms with E-state index in [1.807, 2.05) is 44.2 Å². The molecule has 0 aromatic heterocycles. The highest BCUT2D eigenvalue weighted by Gasteiger charge is 2.58. The summed E-state index contributed by atoms with van der Waals surface area (Å²) in [6.07, 6.45) is 1.08. The molecule has 1 aliphatic rings. The molecule has 6 heteroatoms. The zero-order valence-electron chi connectivity index (χ0n) is 15.7. The Morgan fingerprint density at radius 2 is 1.89 bits per heavy atom. The molecule has 2 aromatic rings. The molecule has 1 aliphatic carbocycles. The van der Waals surface area contributed by atoms with E-state index >= 15 is 0 Å². The third kappa shape index (κ3) is 3.65. The molecule has 2 amide bonds. The van der Waals surface area contributed by atoms with E-state index in [1.54, 1.807) is 17.0 Å². The number of amides is 2. The summed E-state index contributed by atoms with van der Waals surface area (Å²) in [4.78, 5) is 27.8. The van der Waals surface area contributed by atoms with Crippen LogP contribution in [0.3, 0.4) is 0 Å². The van der Waals surface area contributed by atoms with E-state index in [4.69, 9.17) is 16.3 Å². The lowest BCUT2D eigenvalue weighted by atomic mass is 10.0. The molecule has 2 aromatic carbocycles. The van der Waals surface area contributed by atoms with Crippen LogP contribution in [0.2, 0.25) is 5.02 Å². The van der Waals surface area contributed by atoms with E-state index in [-0.39, 0.29) is 11.8 Å². The first kappa shape index (κ1) is 19.2. The maximum absolute atomic E-state index is 13.2. The molecule has 1 saturated carbocycles. The third-order valence-corrected chi connectivity index (χ3v) is 5.36. The van der Waals surface area contributed by atoms with E-state index in [2.05, 4.69) is 5.32 Å². The molecule has 0 unspecified atom stereocenters. The number of ether oxygens (including phenoxy) is 1. The molecule has 0 bridgehead atoms. The van der Waals surface area contributed by atoms with Crippen LogP contribution in [0, 0.1) is 12.3 Å². The first-order chi connectivity index (χ1) is 12.9. The van der Waals surface area contributed by atoms with Gasteiger partial charge < -0.3 is 15.0 Å². The molecule has 0 radical (unpaired) electrons. The number of carbonyl (C=O) groups is 2. The van der Waals surface area contributed by atoms with Crippen molar-refractivity contribution in [1.82, 2.24) is 0 Å².